The molecule has 0 heterocycles. The lowest BCUT2D eigenvalue weighted by Crippen LogP contribution is -2.08. The molecule has 15 heavy (non-hydrogen) atoms. The van der Waals surface area contributed by atoms with E-state index >= 15 is 0 Å². The molecule has 1 N–H and O–H groups in total. The molecule has 0 saturated heterocycles. The first-order valence-electron chi connectivity index (χ1n) is 4.34. The molecule has 0 aliphatic carbocycles. The molecule has 1 amide bonds. The van der Waals surface area contributed by atoms with Crippen LogP contribution in [0.3, 0.4) is 0 Å². The van der Waals surface area contributed by atoms with Gasteiger partial charge in [0.05, 0.1) is 11.2 Å². The van der Waals surface area contributed by atoms with Gasteiger partial charge < -0.3 is 4.90 Å². The van der Waals surface area contributed by atoms with Crippen molar-refractivity contribution < 1.29 is 4.79 Å². The van der Waals surface area contributed by atoms with Crippen LogP contribution in [0.25, 0.3) is 0 Å². The fourth-order valence-electron chi connectivity index (χ4n) is 1.04. The van der Waals surface area contributed by atoms with Crippen LogP contribution < -0.4 is 10.3 Å². The maximum absolute atomic E-state index is 9.96. The molecule has 0 saturated carbocycles. The van der Waals surface area contributed by atoms with E-state index in [0.717, 1.165) is 11.3 Å². The third-order valence-corrected chi connectivity index (χ3v) is 2.16. The summed E-state index contributed by atoms with van der Waals surface area (Å²) < 4.78 is 0. The van der Waals surface area contributed by atoms with Gasteiger partial charge in [0, 0.05) is 25.3 Å². The Labute approximate surface area is 93.5 Å². The molecule has 0 unspecified atom stereocenters. The topological polar surface area (TPSA) is 44.7 Å². The predicted molar refractivity (Wildman–Crippen MR) is 62.6 cm³/mol. The number of carbonyl (C=O) groups excluding carboxylic acids is 1. The number of amides is 1. The monoisotopic (exact) mass is 225 g/mol. The van der Waals surface area contributed by atoms with Crippen molar-refractivity contribution in [1.82, 2.24) is 5.43 Å². The summed E-state index contributed by atoms with van der Waals surface area (Å²) >= 11 is 6.02. The summed E-state index contributed by atoms with van der Waals surface area (Å²) in [7, 11) is 3.88. The highest BCUT2D eigenvalue weighted by Gasteiger charge is 2.00. The molecule has 1 aromatic rings. The fourth-order valence-corrected chi connectivity index (χ4v) is 1.26. The second-order valence-electron chi connectivity index (χ2n) is 3.11. The zero-order valence-electron chi connectivity index (χ0n) is 8.57. The Morgan fingerprint density at radius 2 is 2.20 bits per heavy atom. The lowest BCUT2D eigenvalue weighted by molar-refractivity contribution is -0.109. The van der Waals surface area contributed by atoms with Gasteiger partial charge in [-0.3, -0.25) is 4.79 Å². The van der Waals surface area contributed by atoms with E-state index in [-0.39, 0.29) is 0 Å². The summed E-state index contributed by atoms with van der Waals surface area (Å²) in [6.45, 7) is 0. The van der Waals surface area contributed by atoms with Crippen LogP contribution in [0.15, 0.2) is 23.3 Å². The number of anilines is 1. The van der Waals surface area contributed by atoms with E-state index in [2.05, 4.69) is 10.5 Å². The smallest absolute Gasteiger partial charge is 0.227 e. The van der Waals surface area contributed by atoms with Gasteiger partial charge in [-0.05, 0) is 18.2 Å². The summed E-state index contributed by atoms with van der Waals surface area (Å²) in [4.78, 5) is 11.9. The minimum absolute atomic E-state index is 0.499. The third kappa shape index (κ3) is 3.25. The SMILES string of the molecule is CN(C)c1ccc(C=NNC=O)c(Cl)c1. The Hall–Kier alpha value is -1.55. The number of nitrogens with one attached hydrogen (secondary N) is 1. The number of rotatable bonds is 4. The van der Waals surface area contributed by atoms with Crippen LogP contribution in [0.5, 0.6) is 0 Å². The molecule has 0 aromatic heterocycles. The summed E-state index contributed by atoms with van der Waals surface area (Å²) in [5.74, 6) is 0. The minimum Gasteiger partial charge on any atom is -0.378 e. The Bertz CT molecular complexity index is 377. The number of carbonyl (C=O) groups is 1. The molecule has 0 bridgehead atoms. The average Bonchev–Trinajstić information content (AvgIpc) is 2.20. The summed E-state index contributed by atoms with van der Waals surface area (Å²) in [5, 5.41) is 4.25. The Morgan fingerprint density at radius 1 is 1.47 bits per heavy atom. The van der Waals surface area contributed by atoms with Crippen LogP contribution in [0.1, 0.15) is 5.56 Å². The molecule has 0 radical (unpaired) electrons. The van der Waals surface area contributed by atoms with Gasteiger partial charge in [0.25, 0.3) is 0 Å². The second kappa shape index (κ2) is 5.36. The summed E-state index contributed by atoms with van der Waals surface area (Å²) in [6, 6.07) is 5.60. The largest absolute Gasteiger partial charge is 0.378 e. The molecule has 80 valence electrons. The third-order valence-electron chi connectivity index (χ3n) is 1.83. The van der Waals surface area contributed by atoms with Crippen LogP contribution in [0, 0.1) is 0 Å². The van der Waals surface area contributed by atoms with Crippen molar-refractivity contribution in [3.8, 4) is 0 Å². The normalized spacial score (nSPS) is 10.3. The first-order chi connectivity index (χ1) is 7.15. The molecule has 0 spiro atoms. The van der Waals surface area contributed by atoms with Gasteiger partial charge in [-0.2, -0.15) is 5.10 Å². The first kappa shape index (κ1) is 11.5. The Balaban J connectivity index is 2.88. The zero-order valence-corrected chi connectivity index (χ0v) is 9.32. The van der Waals surface area contributed by atoms with Crippen LogP contribution >= 0.6 is 11.6 Å². The highest BCUT2D eigenvalue weighted by molar-refractivity contribution is 6.33. The van der Waals surface area contributed by atoms with Gasteiger partial charge >= 0.3 is 0 Å². The fraction of sp³-hybridized carbons (Fsp3) is 0.200. The van der Waals surface area contributed by atoms with E-state index in [1.807, 2.05) is 37.2 Å². The number of halogens is 1. The molecule has 5 heteroatoms. The average molecular weight is 226 g/mol. The molecule has 1 rings (SSSR count). The number of benzene rings is 1. The molecule has 1 aromatic carbocycles. The molecule has 0 atom stereocenters. The highest BCUT2D eigenvalue weighted by atomic mass is 35.5. The predicted octanol–water partition coefficient (Wildman–Crippen LogP) is 1.49. The Morgan fingerprint density at radius 3 is 2.73 bits per heavy atom. The second-order valence-corrected chi connectivity index (χ2v) is 3.51. The van der Waals surface area contributed by atoms with E-state index in [0.29, 0.717) is 11.4 Å². The molecule has 0 aliphatic rings. The van der Waals surface area contributed by atoms with Crippen LogP contribution in [0.4, 0.5) is 5.69 Å². The van der Waals surface area contributed by atoms with Crippen molar-refractivity contribution in [3.63, 3.8) is 0 Å². The molecule has 0 aliphatic heterocycles. The first-order valence-corrected chi connectivity index (χ1v) is 4.72. The van der Waals surface area contributed by atoms with Gasteiger partial charge in [0.1, 0.15) is 0 Å². The molecular weight excluding hydrogens is 214 g/mol. The van der Waals surface area contributed by atoms with Crippen molar-refractivity contribution in [3.05, 3.63) is 28.8 Å². The van der Waals surface area contributed by atoms with Crippen LogP contribution in [-0.4, -0.2) is 26.7 Å². The quantitative estimate of drug-likeness (QED) is 0.479. The van der Waals surface area contributed by atoms with Crippen molar-refractivity contribution >= 4 is 29.9 Å². The number of hydrogen-bond acceptors (Lipinski definition) is 3. The van der Waals surface area contributed by atoms with Gasteiger partial charge in [-0.15, -0.1) is 0 Å². The van der Waals surface area contributed by atoms with Crippen molar-refractivity contribution in [2.45, 2.75) is 0 Å². The number of nitrogens with zero attached hydrogens (tertiary/aromatic N) is 2. The maximum Gasteiger partial charge on any atom is 0.227 e. The zero-order chi connectivity index (χ0) is 11.3. The number of hydrogen-bond donors (Lipinski definition) is 1. The highest BCUT2D eigenvalue weighted by Crippen LogP contribution is 2.21. The maximum atomic E-state index is 9.96. The van der Waals surface area contributed by atoms with E-state index in [1.165, 1.54) is 6.21 Å². The van der Waals surface area contributed by atoms with E-state index in [4.69, 9.17) is 11.6 Å². The standard InChI is InChI=1S/C10H12ClN3O/c1-14(2)9-4-3-8(10(11)5-9)6-12-13-7-15/h3-7H,1-2H3,(H,13,15). The van der Waals surface area contributed by atoms with E-state index in [1.54, 1.807) is 0 Å². The van der Waals surface area contributed by atoms with E-state index < -0.39 is 0 Å². The van der Waals surface area contributed by atoms with Crippen molar-refractivity contribution in [1.29, 1.82) is 0 Å². The lowest BCUT2D eigenvalue weighted by Gasteiger charge is -2.12. The van der Waals surface area contributed by atoms with Crippen LogP contribution in [-0.2, 0) is 4.79 Å². The van der Waals surface area contributed by atoms with Crippen LogP contribution in [0.2, 0.25) is 5.02 Å². The lowest BCUT2D eigenvalue weighted by atomic mass is 10.2. The Kier molecular flexibility index (Phi) is 4.12. The van der Waals surface area contributed by atoms with Gasteiger partial charge in [0.15, 0.2) is 0 Å². The van der Waals surface area contributed by atoms with E-state index in [9.17, 15) is 4.79 Å². The molecular formula is C10H12ClN3O. The van der Waals surface area contributed by atoms with Crippen molar-refractivity contribution in [2.75, 3.05) is 19.0 Å². The summed E-state index contributed by atoms with van der Waals surface area (Å²) in [6.07, 6.45) is 1.99. The van der Waals surface area contributed by atoms with Gasteiger partial charge in [0.2, 0.25) is 6.41 Å². The van der Waals surface area contributed by atoms with Crippen molar-refractivity contribution in [2.24, 2.45) is 5.10 Å². The number of hydrazone groups is 1. The van der Waals surface area contributed by atoms with Gasteiger partial charge in [-0.25, -0.2) is 5.43 Å². The summed E-state index contributed by atoms with van der Waals surface area (Å²) in [5.41, 5.74) is 3.96. The molecule has 0 fully saturated rings. The molecule has 4 nitrogen and oxygen atoms in total. The van der Waals surface area contributed by atoms with Gasteiger partial charge in [-0.1, -0.05) is 11.6 Å². The minimum atomic E-state index is 0.499.